The number of anilines is 1. The smallest absolute Gasteiger partial charge is 0.422 e. The van der Waals surface area contributed by atoms with Crippen molar-refractivity contribution >= 4 is 24.0 Å². The Morgan fingerprint density at radius 2 is 2.00 bits per heavy atom. The molecule has 2 N–H and O–H groups in total. The maximum Gasteiger partial charge on any atom is 0.422 e. The molecule has 1 aliphatic heterocycles. The Hall–Kier alpha value is -2.36. The number of hydrogen-bond donors (Lipinski definition) is 2. The number of pyridine rings is 1. The van der Waals surface area contributed by atoms with E-state index in [1.165, 1.54) is 12.1 Å². The standard InChI is InChI=1S/C18H18F3N3O3.ClH/c19-18(20,21)11-27-16-6-3-13(9-23-16)17(25)24-14-4-1-12(2-5-14)15-10-22-7-8-26-15;/h1-6,9,15,22H,7-8,10-11H2,(H,24,25);1H/t15-;/m1./s1. The minimum absolute atomic E-state index is 0. The molecule has 1 aliphatic rings. The number of carbonyl (C=O) groups is 1. The summed E-state index contributed by atoms with van der Waals surface area (Å²) in [7, 11) is 0. The maximum atomic E-state index is 12.2. The van der Waals surface area contributed by atoms with E-state index in [0.717, 1.165) is 24.8 Å². The lowest BCUT2D eigenvalue weighted by atomic mass is 10.1. The predicted octanol–water partition coefficient (Wildman–Crippen LogP) is 3.36. The number of benzene rings is 1. The van der Waals surface area contributed by atoms with Gasteiger partial charge >= 0.3 is 6.18 Å². The molecule has 3 rings (SSSR count). The Morgan fingerprint density at radius 1 is 1.25 bits per heavy atom. The number of carbonyl (C=O) groups excluding carboxylic acids is 1. The van der Waals surface area contributed by atoms with Crippen molar-refractivity contribution in [3.05, 3.63) is 53.7 Å². The normalized spacial score (nSPS) is 16.8. The van der Waals surface area contributed by atoms with Crippen LogP contribution in [-0.2, 0) is 4.74 Å². The van der Waals surface area contributed by atoms with E-state index < -0.39 is 18.7 Å². The van der Waals surface area contributed by atoms with E-state index in [0.29, 0.717) is 12.3 Å². The van der Waals surface area contributed by atoms with Crippen molar-refractivity contribution in [1.29, 1.82) is 0 Å². The molecule has 0 aliphatic carbocycles. The van der Waals surface area contributed by atoms with Gasteiger partial charge in [-0.1, -0.05) is 12.1 Å². The summed E-state index contributed by atoms with van der Waals surface area (Å²) in [5, 5.41) is 5.96. The molecule has 2 heterocycles. The number of halogens is 4. The SMILES string of the molecule is Cl.O=C(Nc1ccc([C@H]2CNCCO2)cc1)c1ccc(OCC(F)(F)F)nc1. The Labute approximate surface area is 165 Å². The molecule has 1 fully saturated rings. The van der Waals surface area contributed by atoms with Crippen molar-refractivity contribution in [3.63, 3.8) is 0 Å². The third kappa shape index (κ3) is 6.36. The first-order valence-electron chi connectivity index (χ1n) is 8.30. The minimum Gasteiger partial charge on any atom is -0.468 e. The minimum atomic E-state index is -4.44. The molecule has 2 aromatic rings. The van der Waals surface area contributed by atoms with Gasteiger partial charge in [-0.3, -0.25) is 4.79 Å². The molecule has 0 saturated carbocycles. The van der Waals surface area contributed by atoms with Crippen LogP contribution in [0.15, 0.2) is 42.6 Å². The highest BCUT2D eigenvalue weighted by Gasteiger charge is 2.28. The summed E-state index contributed by atoms with van der Waals surface area (Å²) < 4.78 is 46.5. The van der Waals surface area contributed by atoms with Crippen molar-refractivity contribution in [2.24, 2.45) is 0 Å². The van der Waals surface area contributed by atoms with Crippen LogP contribution in [0, 0.1) is 0 Å². The molecule has 152 valence electrons. The van der Waals surface area contributed by atoms with Crippen LogP contribution in [0.2, 0.25) is 0 Å². The molecule has 0 spiro atoms. The number of nitrogens with zero attached hydrogens (tertiary/aromatic N) is 1. The van der Waals surface area contributed by atoms with Gasteiger partial charge in [0, 0.05) is 31.0 Å². The fraction of sp³-hybridized carbons (Fsp3) is 0.333. The number of rotatable bonds is 5. The number of alkyl halides is 3. The molecular formula is C18H19ClF3N3O3. The molecule has 6 nitrogen and oxygen atoms in total. The number of hydrogen-bond acceptors (Lipinski definition) is 5. The second-order valence-electron chi connectivity index (χ2n) is 5.93. The molecule has 0 unspecified atom stereocenters. The number of ether oxygens (including phenoxy) is 2. The maximum absolute atomic E-state index is 12.2. The summed E-state index contributed by atoms with van der Waals surface area (Å²) in [6.45, 7) is 0.787. The second kappa shape index (κ2) is 9.72. The molecule has 1 atom stereocenters. The van der Waals surface area contributed by atoms with Crippen LogP contribution in [-0.4, -0.2) is 43.4 Å². The monoisotopic (exact) mass is 417 g/mol. The Morgan fingerprint density at radius 3 is 2.57 bits per heavy atom. The van der Waals surface area contributed by atoms with Gasteiger partial charge in [0.05, 0.1) is 18.3 Å². The third-order valence-corrected chi connectivity index (χ3v) is 3.85. The quantitative estimate of drug-likeness (QED) is 0.780. The highest BCUT2D eigenvalue weighted by atomic mass is 35.5. The Bertz CT molecular complexity index is 764. The van der Waals surface area contributed by atoms with E-state index in [1.54, 1.807) is 12.1 Å². The van der Waals surface area contributed by atoms with E-state index in [1.807, 2.05) is 12.1 Å². The average molecular weight is 418 g/mol. The summed E-state index contributed by atoms with van der Waals surface area (Å²) in [6, 6.07) is 9.85. The molecule has 0 radical (unpaired) electrons. The van der Waals surface area contributed by atoms with Gasteiger partial charge in [-0.2, -0.15) is 13.2 Å². The number of amides is 1. The van der Waals surface area contributed by atoms with Crippen molar-refractivity contribution < 1.29 is 27.4 Å². The zero-order valence-electron chi connectivity index (χ0n) is 14.7. The van der Waals surface area contributed by atoms with Gasteiger partial charge < -0.3 is 20.1 Å². The summed E-state index contributed by atoms with van der Waals surface area (Å²) in [5.41, 5.74) is 1.80. The molecular weight excluding hydrogens is 399 g/mol. The van der Waals surface area contributed by atoms with Crippen LogP contribution >= 0.6 is 12.4 Å². The second-order valence-corrected chi connectivity index (χ2v) is 5.93. The van der Waals surface area contributed by atoms with Gasteiger partial charge in [0.2, 0.25) is 5.88 Å². The average Bonchev–Trinajstić information content (AvgIpc) is 2.67. The first-order chi connectivity index (χ1) is 12.9. The molecule has 1 aromatic carbocycles. The predicted molar refractivity (Wildman–Crippen MR) is 99.0 cm³/mol. The molecule has 1 amide bonds. The van der Waals surface area contributed by atoms with Gasteiger partial charge in [0.25, 0.3) is 5.91 Å². The largest absolute Gasteiger partial charge is 0.468 e. The van der Waals surface area contributed by atoms with Gasteiger partial charge in [-0.05, 0) is 23.8 Å². The van der Waals surface area contributed by atoms with Crippen LogP contribution in [0.4, 0.5) is 18.9 Å². The molecule has 10 heteroatoms. The fourth-order valence-corrected chi connectivity index (χ4v) is 2.52. The number of aromatic nitrogens is 1. The Kier molecular flexibility index (Phi) is 7.61. The van der Waals surface area contributed by atoms with Gasteiger partial charge in [-0.15, -0.1) is 12.4 Å². The lowest BCUT2D eigenvalue weighted by Crippen LogP contribution is -2.33. The molecule has 28 heavy (non-hydrogen) atoms. The summed E-state index contributed by atoms with van der Waals surface area (Å²) in [6.07, 6.45) is -3.29. The lowest BCUT2D eigenvalue weighted by Gasteiger charge is -2.24. The van der Waals surface area contributed by atoms with Crippen LogP contribution in [0.3, 0.4) is 0 Å². The third-order valence-electron chi connectivity index (χ3n) is 3.85. The lowest BCUT2D eigenvalue weighted by molar-refractivity contribution is -0.154. The highest BCUT2D eigenvalue weighted by Crippen LogP contribution is 2.21. The van der Waals surface area contributed by atoms with E-state index in [2.05, 4.69) is 20.4 Å². The van der Waals surface area contributed by atoms with Gasteiger partial charge in [0.15, 0.2) is 6.61 Å². The van der Waals surface area contributed by atoms with E-state index in [9.17, 15) is 18.0 Å². The zero-order valence-corrected chi connectivity index (χ0v) is 15.5. The van der Waals surface area contributed by atoms with E-state index in [4.69, 9.17) is 4.74 Å². The molecule has 1 saturated heterocycles. The first-order valence-corrected chi connectivity index (χ1v) is 8.30. The summed E-state index contributed by atoms with van der Waals surface area (Å²) in [5.74, 6) is -0.623. The van der Waals surface area contributed by atoms with Gasteiger partial charge in [-0.25, -0.2) is 4.98 Å². The van der Waals surface area contributed by atoms with Crippen LogP contribution in [0.5, 0.6) is 5.88 Å². The van der Waals surface area contributed by atoms with E-state index in [-0.39, 0.29) is 30.0 Å². The summed E-state index contributed by atoms with van der Waals surface area (Å²) >= 11 is 0. The highest BCUT2D eigenvalue weighted by molar-refractivity contribution is 6.04. The van der Waals surface area contributed by atoms with Crippen molar-refractivity contribution in [2.75, 3.05) is 31.6 Å². The fourth-order valence-electron chi connectivity index (χ4n) is 2.52. The molecule has 0 bridgehead atoms. The first kappa shape index (κ1) is 21.9. The van der Waals surface area contributed by atoms with E-state index >= 15 is 0 Å². The summed E-state index contributed by atoms with van der Waals surface area (Å²) in [4.78, 5) is 15.9. The molecule has 1 aromatic heterocycles. The van der Waals surface area contributed by atoms with Crippen LogP contribution in [0.1, 0.15) is 22.0 Å². The number of nitrogens with one attached hydrogen (secondary N) is 2. The van der Waals surface area contributed by atoms with Crippen molar-refractivity contribution in [2.45, 2.75) is 12.3 Å². The Balaban J connectivity index is 0.00000280. The van der Waals surface area contributed by atoms with Crippen LogP contribution < -0.4 is 15.4 Å². The van der Waals surface area contributed by atoms with Gasteiger partial charge in [0.1, 0.15) is 0 Å². The topological polar surface area (TPSA) is 72.5 Å². The van der Waals surface area contributed by atoms with Crippen molar-refractivity contribution in [1.82, 2.24) is 10.3 Å². The van der Waals surface area contributed by atoms with Crippen molar-refractivity contribution in [3.8, 4) is 5.88 Å². The number of morpholine rings is 1. The zero-order chi connectivity index (χ0) is 19.3. The van der Waals surface area contributed by atoms with Crippen LogP contribution in [0.25, 0.3) is 0 Å².